The van der Waals surface area contributed by atoms with Gasteiger partial charge in [-0.2, -0.15) is 0 Å². The molecule has 25 heavy (non-hydrogen) atoms. The standard InChI is InChI=1S/C21H24N2O2/c1-4-13-22-15-12-20(23(14-5-2)21(22)24)19-11-7-9-18(17-19)10-8-16-25-6-3/h4-5,7,9,11-12,17H,1-2,6,13-16H2,3H3. The van der Waals surface area contributed by atoms with Crippen molar-refractivity contribution in [2.75, 3.05) is 32.8 Å². The number of urea groups is 1. The first kappa shape index (κ1) is 18.6. The second-order valence-corrected chi connectivity index (χ2v) is 5.48. The van der Waals surface area contributed by atoms with Gasteiger partial charge in [-0.15, -0.1) is 13.2 Å². The summed E-state index contributed by atoms with van der Waals surface area (Å²) in [6.45, 7) is 12.0. The molecule has 0 aliphatic carbocycles. The molecule has 0 radical (unpaired) electrons. The maximum absolute atomic E-state index is 12.7. The maximum atomic E-state index is 12.7. The molecule has 4 nitrogen and oxygen atoms in total. The van der Waals surface area contributed by atoms with E-state index < -0.39 is 0 Å². The minimum Gasteiger partial charge on any atom is -0.369 e. The molecular formula is C21H24N2O2. The SMILES string of the molecule is C=CCN1CC=C(c2cccc(C#CCOCC)c2)N(CC=C)C1=O. The van der Waals surface area contributed by atoms with E-state index >= 15 is 0 Å². The van der Waals surface area contributed by atoms with Crippen molar-refractivity contribution in [1.82, 2.24) is 9.80 Å². The molecular weight excluding hydrogens is 312 g/mol. The Balaban J connectivity index is 2.28. The number of rotatable bonds is 7. The molecule has 0 aromatic heterocycles. The second kappa shape index (κ2) is 9.51. The van der Waals surface area contributed by atoms with Crippen molar-refractivity contribution < 1.29 is 9.53 Å². The molecule has 0 unspecified atom stereocenters. The molecule has 0 bridgehead atoms. The number of ether oxygens (including phenoxy) is 1. The van der Waals surface area contributed by atoms with Crippen LogP contribution in [0.15, 0.2) is 55.7 Å². The van der Waals surface area contributed by atoms with Crippen LogP contribution in [0.5, 0.6) is 0 Å². The maximum Gasteiger partial charge on any atom is 0.325 e. The van der Waals surface area contributed by atoms with Crippen LogP contribution in [0, 0.1) is 11.8 Å². The lowest BCUT2D eigenvalue weighted by atomic mass is 10.1. The highest BCUT2D eigenvalue weighted by molar-refractivity contribution is 5.88. The Morgan fingerprint density at radius 1 is 1.28 bits per heavy atom. The molecule has 1 aromatic rings. The highest BCUT2D eigenvalue weighted by Crippen LogP contribution is 2.25. The van der Waals surface area contributed by atoms with E-state index in [1.165, 1.54) is 0 Å². The molecule has 0 N–H and O–H groups in total. The summed E-state index contributed by atoms with van der Waals surface area (Å²) in [7, 11) is 0. The lowest BCUT2D eigenvalue weighted by Crippen LogP contribution is -2.45. The molecule has 0 saturated heterocycles. The van der Waals surface area contributed by atoms with Crippen LogP contribution in [-0.2, 0) is 4.74 Å². The number of hydrogen-bond donors (Lipinski definition) is 0. The van der Waals surface area contributed by atoms with Crippen LogP contribution in [0.4, 0.5) is 4.79 Å². The van der Waals surface area contributed by atoms with Gasteiger partial charge in [-0.05, 0) is 30.7 Å². The second-order valence-electron chi connectivity index (χ2n) is 5.48. The number of hydrogen-bond acceptors (Lipinski definition) is 2. The highest BCUT2D eigenvalue weighted by Gasteiger charge is 2.27. The van der Waals surface area contributed by atoms with Crippen molar-refractivity contribution in [2.24, 2.45) is 0 Å². The summed E-state index contributed by atoms with van der Waals surface area (Å²) in [4.78, 5) is 16.2. The molecule has 0 saturated carbocycles. The lowest BCUT2D eigenvalue weighted by Gasteiger charge is -2.35. The Morgan fingerprint density at radius 2 is 2.08 bits per heavy atom. The Morgan fingerprint density at radius 3 is 2.80 bits per heavy atom. The van der Waals surface area contributed by atoms with Gasteiger partial charge in [-0.25, -0.2) is 4.79 Å². The third-order valence-corrected chi connectivity index (χ3v) is 3.73. The molecule has 4 heteroatoms. The molecule has 1 heterocycles. The van der Waals surface area contributed by atoms with E-state index in [2.05, 4.69) is 31.1 Å². The van der Waals surface area contributed by atoms with Crippen molar-refractivity contribution in [3.05, 3.63) is 66.8 Å². The first-order valence-electron chi connectivity index (χ1n) is 8.36. The van der Waals surface area contributed by atoms with Crippen molar-refractivity contribution >= 4 is 11.7 Å². The van der Waals surface area contributed by atoms with Crippen LogP contribution in [0.25, 0.3) is 5.70 Å². The average molecular weight is 336 g/mol. The zero-order valence-electron chi connectivity index (χ0n) is 14.7. The number of benzene rings is 1. The van der Waals surface area contributed by atoms with Crippen LogP contribution in [-0.4, -0.2) is 48.7 Å². The van der Waals surface area contributed by atoms with Gasteiger partial charge >= 0.3 is 6.03 Å². The molecule has 0 spiro atoms. The average Bonchev–Trinajstić information content (AvgIpc) is 2.63. The summed E-state index contributed by atoms with van der Waals surface area (Å²) < 4.78 is 5.24. The third kappa shape index (κ3) is 4.85. The van der Waals surface area contributed by atoms with Gasteiger partial charge in [0.25, 0.3) is 0 Å². The minimum atomic E-state index is -0.0369. The van der Waals surface area contributed by atoms with Gasteiger partial charge in [0.05, 0.1) is 5.70 Å². The quantitative estimate of drug-likeness (QED) is 0.433. The summed E-state index contributed by atoms with van der Waals surface area (Å²) >= 11 is 0. The number of nitrogens with zero attached hydrogens (tertiary/aromatic N) is 2. The molecule has 2 amide bonds. The first-order chi connectivity index (χ1) is 12.2. The predicted molar refractivity (Wildman–Crippen MR) is 102 cm³/mol. The Labute approximate surface area is 150 Å². The molecule has 1 aliphatic heterocycles. The number of carbonyl (C=O) groups excluding carboxylic acids is 1. The molecule has 130 valence electrons. The van der Waals surface area contributed by atoms with Gasteiger partial charge in [0.1, 0.15) is 6.61 Å². The summed E-state index contributed by atoms with van der Waals surface area (Å²) in [6.07, 6.45) is 5.52. The Hall–Kier alpha value is -2.77. The smallest absolute Gasteiger partial charge is 0.325 e. The normalized spacial score (nSPS) is 13.8. The van der Waals surface area contributed by atoms with Crippen molar-refractivity contribution in [2.45, 2.75) is 6.92 Å². The van der Waals surface area contributed by atoms with Gasteiger partial charge in [0.15, 0.2) is 0 Å². The molecule has 1 aromatic carbocycles. The summed E-state index contributed by atoms with van der Waals surface area (Å²) in [6, 6.07) is 7.86. The monoisotopic (exact) mass is 336 g/mol. The molecule has 2 rings (SSSR count). The Kier molecular flexibility index (Phi) is 7.06. The third-order valence-electron chi connectivity index (χ3n) is 3.73. The van der Waals surface area contributed by atoms with Crippen molar-refractivity contribution in [3.63, 3.8) is 0 Å². The van der Waals surface area contributed by atoms with E-state index in [9.17, 15) is 4.79 Å². The zero-order chi connectivity index (χ0) is 18.1. The van der Waals surface area contributed by atoms with Crippen molar-refractivity contribution in [1.29, 1.82) is 0 Å². The number of amides is 2. The van der Waals surface area contributed by atoms with Crippen LogP contribution in [0.3, 0.4) is 0 Å². The summed E-state index contributed by atoms with van der Waals surface area (Å²) in [5.41, 5.74) is 2.76. The summed E-state index contributed by atoms with van der Waals surface area (Å²) in [5.74, 6) is 6.09. The molecule has 0 fully saturated rings. The fourth-order valence-corrected chi connectivity index (χ4v) is 2.59. The van der Waals surface area contributed by atoms with E-state index in [-0.39, 0.29) is 6.03 Å². The minimum absolute atomic E-state index is 0.0369. The van der Waals surface area contributed by atoms with E-state index in [0.29, 0.717) is 32.8 Å². The largest absolute Gasteiger partial charge is 0.369 e. The Bertz CT molecular complexity index is 725. The van der Waals surface area contributed by atoms with Gasteiger partial charge in [0, 0.05) is 31.8 Å². The molecule has 0 atom stereocenters. The lowest BCUT2D eigenvalue weighted by molar-refractivity contribution is 0.181. The topological polar surface area (TPSA) is 32.8 Å². The molecule has 1 aliphatic rings. The van der Waals surface area contributed by atoms with Crippen LogP contribution in [0.2, 0.25) is 0 Å². The van der Waals surface area contributed by atoms with Crippen LogP contribution < -0.4 is 0 Å². The van der Waals surface area contributed by atoms with Crippen molar-refractivity contribution in [3.8, 4) is 11.8 Å². The van der Waals surface area contributed by atoms with E-state index in [1.807, 2.05) is 31.2 Å². The van der Waals surface area contributed by atoms with Gasteiger partial charge in [-0.1, -0.05) is 36.1 Å². The van der Waals surface area contributed by atoms with Gasteiger partial charge < -0.3 is 9.64 Å². The highest BCUT2D eigenvalue weighted by atomic mass is 16.5. The fourth-order valence-electron chi connectivity index (χ4n) is 2.59. The first-order valence-corrected chi connectivity index (χ1v) is 8.36. The van der Waals surface area contributed by atoms with Gasteiger partial charge in [0.2, 0.25) is 0 Å². The number of carbonyl (C=O) groups is 1. The van der Waals surface area contributed by atoms with Gasteiger partial charge in [-0.3, -0.25) is 4.90 Å². The fraction of sp³-hybridized carbons (Fsp3) is 0.286. The zero-order valence-corrected chi connectivity index (χ0v) is 14.7. The van der Waals surface area contributed by atoms with E-state index in [1.54, 1.807) is 22.0 Å². The summed E-state index contributed by atoms with van der Waals surface area (Å²) in [5, 5.41) is 0. The predicted octanol–water partition coefficient (Wildman–Crippen LogP) is 3.53. The van der Waals surface area contributed by atoms with Crippen LogP contribution >= 0.6 is 0 Å². The van der Waals surface area contributed by atoms with Crippen LogP contribution in [0.1, 0.15) is 18.1 Å². The van der Waals surface area contributed by atoms with E-state index in [0.717, 1.165) is 16.8 Å². The van der Waals surface area contributed by atoms with E-state index in [4.69, 9.17) is 4.74 Å².